The van der Waals surface area contributed by atoms with Gasteiger partial charge in [-0.3, -0.25) is 4.79 Å². The van der Waals surface area contributed by atoms with Gasteiger partial charge in [0.05, 0.1) is 6.61 Å². The van der Waals surface area contributed by atoms with Gasteiger partial charge < -0.3 is 10.2 Å². The first kappa shape index (κ1) is 21.6. The van der Waals surface area contributed by atoms with Crippen LogP contribution in [-0.4, -0.2) is 28.7 Å². The maximum atomic E-state index is 12.0. The number of carbonyl (C=O) groups excluding carboxylic acids is 1. The SMILES string of the molecule is CC(C)=CCC/C(C)=C/C(O)C(=O)/C=C(\C)CC/C=C(\C)CO. The van der Waals surface area contributed by atoms with Crippen molar-refractivity contribution in [2.24, 2.45) is 0 Å². The van der Waals surface area contributed by atoms with E-state index < -0.39 is 6.10 Å². The molecule has 0 amide bonds. The van der Waals surface area contributed by atoms with Crippen LogP contribution in [0, 0.1) is 0 Å². The van der Waals surface area contributed by atoms with E-state index in [-0.39, 0.29) is 12.4 Å². The van der Waals surface area contributed by atoms with Gasteiger partial charge in [-0.05, 0) is 72.5 Å². The summed E-state index contributed by atoms with van der Waals surface area (Å²) in [7, 11) is 0. The van der Waals surface area contributed by atoms with Crippen LogP contribution >= 0.6 is 0 Å². The zero-order valence-electron chi connectivity index (χ0n) is 15.2. The van der Waals surface area contributed by atoms with E-state index in [1.165, 1.54) is 11.6 Å². The summed E-state index contributed by atoms with van der Waals surface area (Å²) in [5, 5.41) is 18.9. The first-order chi connectivity index (χ1) is 10.8. The lowest BCUT2D eigenvalue weighted by atomic mass is 10.0. The van der Waals surface area contributed by atoms with Crippen molar-refractivity contribution in [2.45, 2.75) is 66.4 Å². The van der Waals surface area contributed by atoms with Gasteiger partial charge in [-0.25, -0.2) is 0 Å². The fourth-order valence-electron chi connectivity index (χ4n) is 2.03. The fraction of sp³-hybridized carbons (Fsp3) is 0.550. The van der Waals surface area contributed by atoms with Gasteiger partial charge in [-0.1, -0.05) is 34.4 Å². The fourth-order valence-corrected chi connectivity index (χ4v) is 2.03. The average Bonchev–Trinajstić information content (AvgIpc) is 2.46. The highest BCUT2D eigenvalue weighted by Crippen LogP contribution is 2.11. The molecule has 0 aromatic rings. The van der Waals surface area contributed by atoms with Gasteiger partial charge in [-0.2, -0.15) is 0 Å². The molecule has 1 unspecified atom stereocenters. The molecule has 0 fully saturated rings. The van der Waals surface area contributed by atoms with Crippen LogP contribution in [0.4, 0.5) is 0 Å². The second kappa shape index (κ2) is 12.0. The summed E-state index contributed by atoms with van der Waals surface area (Å²) in [6.07, 6.45) is 9.53. The third-order valence-electron chi connectivity index (χ3n) is 3.49. The van der Waals surface area contributed by atoms with Crippen molar-refractivity contribution < 1.29 is 15.0 Å². The summed E-state index contributed by atoms with van der Waals surface area (Å²) < 4.78 is 0. The molecule has 0 saturated heterocycles. The van der Waals surface area contributed by atoms with Crippen molar-refractivity contribution >= 4 is 5.78 Å². The van der Waals surface area contributed by atoms with Crippen LogP contribution < -0.4 is 0 Å². The van der Waals surface area contributed by atoms with Gasteiger partial charge in [0, 0.05) is 0 Å². The first-order valence-corrected chi connectivity index (χ1v) is 8.22. The Labute approximate surface area is 141 Å². The zero-order valence-corrected chi connectivity index (χ0v) is 15.2. The van der Waals surface area contributed by atoms with Crippen molar-refractivity contribution in [1.82, 2.24) is 0 Å². The highest BCUT2D eigenvalue weighted by atomic mass is 16.3. The number of aliphatic hydroxyl groups is 2. The quantitative estimate of drug-likeness (QED) is 0.467. The van der Waals surface area contributed by atoms with E-state index in [0.29, 0.717) is 0 Å². The minimum atomic E-state index is -1.06. The van der Waals surface area contributed by atoms with E-state index in [2.05, 4.69) is 19.9 Å². The van der Waals surface area contributed by atoms with E-state index in [9.17, 15) is 9.90 Å². The Hall–Kier alpha value is -1.45. The van der Waals surface area contributed by atoms with Crippen LogP contribution in [0.25, 0.3) is 0 Å². The van der Waals surface area contributed by atoms with E-state index >= 15 is 0 Å². The number of hydrogen-bond donors (Lipinski definition) is 2. The molecule has 0 aliphatic rings. The molecule has 0 heterocycles. The van der Waals surface area contributed by atoms with E-state index in [1.807, 2.05) is 26.8 Å². The van der Waals surface area contributed by atoms with Crippen LogP contribution in [0.2, 0.25) is 0 Å². The minimum absolute atomic E-state index is 0.0667. The molecule has 1 atom stereocenters. The predicted octanol–water partition coefficient (Wildman–Crippen LogP) is 4.27. The van der Waals surface area contributed by atoms with Crippen LogP contribution in [0.1, 0.15) is 60.3 Å². The highest BCUT2D eigenvalue weighted by molar-refractivity contribution is 5.95. The minimum Gasteiger partial charge on any atom is -0.392 e. The molecular formula is C20H32O3. The first-order valence-electron chi connectivity index (χ1n) is 8.22. The molecule has 0 aliphatic carbocycles. The lowest BCUT2D eigenvalue weighted by Crippen LogP contribution is -2.16. The summed E-state index contributed by atoms with van der Waals surface area (Å²) in [6.45, 7) is 9.88. The molecule has 2 N–H and O–H groups in total. The molecule has 0 aromatic carbocycles. The van der Waals surface area contributed by atoms with Gasteiger partial charge in [0.1, 0.15) is 6.10 Å². The Balaban J connectivity index is 4.46. The topological polar surface area (TPSA) is 57.5 Å². The van der Waals surface area contributed by atoms with Crippen molar-refractivity contribution in [1.29, 1.82) is 0 Å². The van der Waals surface area contributed by atoms with Gasteiger partial charge in [-0.15, -0.1) is 0 Å². The number of ketones is 1. The molecule has 0 rings (SSSR count). The second-order valence-corrected chi connectivity index (χ2v) is 6.42. The van der Waals surface area contributed by atoms with Crippen molar-refractivity contribution in [3.8, 4) is 0 Å². The Morgan fingerprint density at radius 2 is 1.48 bits per heavy atom. The average molecular weight is 320 g/mol. The molecule has 0 bridgehead atoms. The number of aliphatic hydroxyl groups excluding tert-OH is 2. The van der Waals surface area contributed by atoms with Gasteiger partial charge in [0.25, 0.3) is 0 Å². The number of carbonyl (C=O) groups is 1. The van der Waals surface area contributed by atoms with E-state index in [0.717, 1.165) is 42.4 Å². The Morgan fingerprint density at radius 3 is 2.04 bits per heavy atom. The third kappa shape index (κ3) is 11.7. The normalized spacial score (nSPS) is 14.7. The maximum Gasteiger partial charge on any atom is 0.187 e. The Morgan fingerprint density at radius 1 is 0.913 bits per heavy atom. The van der Waals surface area contributed by atoms with Crippen LogP contribution in [-0.2, 0) is 4.79 Å². The van der Waals surface area contributed by atoms with Crippen LogP contribution in [0.15, 0.2) is 46.6 Å². The summed E-state index contributed by atoms with van der Waals surface area (Å²) in [6, 6.07) is 0. The maximum absolute atomic E-state index is 12.0. The predicted molar refractivity (Wildman–Crippen MR) is 97.3 cm³/mol. The monoisotopic (exact) mass is 320 g/mol. The van der Waals surface area contributed by atoms with Crippen LogP contribution in [0.5, 0.6) is 0 Å². The molecule has 3 nitrogen and oxygen atoms in total. The second-order valence-electron chi connectivity index (χ2n) is 6.42. The zero-order chi connectivity index (χ0) is 17.8. The van der Waals surface area contributed by atoms with Crippen molar-refractivity contribution in [3.05, 3.63) is 46.6 Å². The lowest BCUT2D eigenvalue weighted by Gasteiger charge is -2.06. The van der Waals surface area contributed by atoms with Crippen molar-refractivity contribution in [2.75, 3.05) is 6.61 Å². The van der Waals surface area contributed by atoms with Gasteiger partial charge >= 0.3 is 0 Å². The standard InChI is InChI=1S/C20H32O3/c1-15(2)8-6-9-16(3)12-19(22)20(23)13-17(4)10-7-11-18(5)14-21/h8,11-13,19,21-22H,6-7,9-10,14H2,1-5H3/b16-12+,17-13+,18-11+. The molecule has 23 heavy (non-hydrogen) atoms. The summed E-state index contributed by atoms with van der Waals surface area (Å²) in [4.78, 5) is 12.0. The third-order valence-corrected chi connectivity index (χ3v) is 3.49. The van der Waals surface area contributed by atoms with Crippen LogP contribution in [0.3, 0.4) is 0 Å². The summed E-state index contributed by atoms with van der Waals surface area (Å²) >= 11 is 0. The molecule has 130 valence electrons. The summed E-state index contributed by atoms with van der Waals surface area (Å²) in [5.41, 5.74) is 4.17. The molecule has 3 heteroatoms. The molecular weight excluding hydrogens is 288 g/mol. The smallest absolute Gasteiger partial charge is 0.187 e. The number of rotatable bonds is 10. The highest BCUT2D eigenvalue weighted by Gasteiger charge is 2.10. The Bertz CT molecular complexity index is 489. The molecule has 0 aliphatic heterocycles. The molecule has 0 aromatic heterocycles. The van der Waals surface area contributed by atoms with Crippen molar-refractivity contribution in [3.63, 3.8) is 0 Å². The molecule has 0 radical (unpaired) electrons. The largest absolute Gasteiger partial charge is 0.392 e. The lowest BCUT2D eigenvalue weighted by molar-refractivity contribution is -0.120. The van der Waals surface area contributed by atoms with Gasteiger partial charge in [0.15, 0.2) is 5.78 Å². The number of allylic oxidation sites excluding steroid dienone is 5. The van der Waals surface area contributed by atoms with E-state index in [4.69, 9.17) is 5.11 Å². The molecule has 0 saturated carbocycles. The molecule has 0 spiro atoms. The van der Waals surface area contributed by atoms with Gasteiger partial charge in [0.2, 0.25) is 0 Å². The van der Waals surface area contributed by atoms with E-state index in [1.54, 1.807) is 6.08 Å². The summed E-state index contributed by atoms with van der Waals surface area (Å²) in [5.74, 6) is -0.271. The number of hydrogen-bond acceptors (Lipinski definition) is 3. The Kier molecular flexibility index (Phi) is 11.3.